The highest BCUT2D eigenvalue weighted by Gasteiger charge is 2.06. The molecule has 0 fully saturated rings. The molecular formula is C23H22N6O2. The van der Waals surface area contributed by atoms with Crippen molar-refractivity contribution in [3.05, 3.63) is 90.8 Å². The van der Waals surface area contributed by atoms with Gasteiger partial charge in [0.05, 0.1) is 6.61 Å². The number of anilines is 3. The average Bonchev–Trinajstić information content (AvgIpc) is 3.22. The van der Waals surface area contributed by atoms with Gasteiger partial charge in [0.15, 0.2) is 0 Å². The maximum absolute atomic E-state index is 12.1. The van der Waals surface area contributed by atoms with Crippen molar-refractivity contribution in [2.75, 3.05) is 17.2 Å². The maximum atomic E-state index is 12.1. The van der Waals surface area contributed by atoms with Crippen LogP contribution < -0.4 is 10.6 Å². The quantitative estimate of drug-likeness (QED) is 0.455. The number of nitrogens with one attached hydrogen (secondary N) is 2. The highest BCUT2D eigenvalue weighted by Crippen LogP contribution is 2.19. The smallest absolute Gasteiger partial charge is 0.250 e. The van der Waals surface area contributed by atoms with E-state index in [9.17, 15) is 4.79 Å². The van der Waals surface area contributed by atoms with Gasteiger partial charge in [0.2, 0.25) is 5.91 Å². The van der Waals surface area contributed by atoms with Gasteiger partial charge in [-0.3, -0.25) is 9.36 Å². The van der Waals surface area contributed by atoms with Crippen LogP contribution in [0.4, 0.5) is 17.2 Å². The van der Waals surface area contributed by atoms with Crippen LogP contribution in [0.15, 0.2) is 79.4 Å². The van der Waals surface area contributed by atoms with Crippen molar-refractivity contribution in [3.8, 4) is 5.82 Å². The Balaban J connectivity index is 1.30. The van der Waals surface area contributed by atoms with Crippen LogP contribution in [0.3, 0.4) is 0 Å². The normalized spacial score (nSPS) is 10.6. The summed E-state index contributed by atoms with van der Waals surface area (Å²) in [4.78, 5) is 24.8. The van der Waals surface area contributed by atoms with Crippen molar-refractivity contribution in [2.45, 2.75) is 13.5 Å². The third-order valence-corrected chi connectivity index (χ3v) is 4.51. The summed E-state index contributed by atoms with van der Waals surface area (Å²) < 4.78 is 7.34. The van der Waals surface area contributed by atoms with Crippen molar-refractivity contribution < 1.29 is 9.53 Å². The lowest BCUT2D eigenvalue weighted by Crippen LogP contribution is -2.18. The number of benzene rings is 2. The second-order valence-corrected chi connectivity index (χ2v) is 6.83. The molecule has 8 nitrogen and oxygen atoms in total. The van der Waals surface area contributed by atoms with E-state index in [1.807, 2.05) is 78.4 Å². The van der Waals surface area contributed by atoms with Gasteiger partial charge in [-0.2, -0.15) is 0 Å². The number of aromatic nitrogens is 4. The number of carbonyl (C=O) groups is 1. The third-order valence-electron chi connectivity index (χ3n) is 4.51. The van der Waals surface area contributed by atoms with Crippen LogP contribution in [0, 0.1) is 6.92 Å². The summed E-state index contributed by atoms with van der Waals surface area (Å²) >= 11 is 0. The Morgan fingerprint density at radius 3 is 2.52 bits per heavy atom. The molecule has 1 amide bonds. The van der Waals surface area contributed by atoms with Gasteiger partial charge in [-0.1, -0.05) is 30.3 Å². The molecule has 0 saturated heterocycles. The lowest BCUT2D eigenvalue weighted by Gasteiger charge is -2.10. The Labute approximate surface area is 180 Å². The van der Waals surface area contributed by atoms with E-state index in [1.165, 1.54) is 6.33 Å². The molecule has 4 rings (SSSR count). The third kappa shape index (κ3) is 5.52. The first kappa shape index (κ1) is 20.2. The van der Waals surface area contributed by atoms with Crippen LogP contribution >= 0.6 is 0 Å². The minimum absolute atomic E-state index is 0.00766. The highest BCUT2D eigenvalue weighted by molar-refractivity contribution is 5.91. The monoisotopic (exact) mass is 414 g/mol. The van der Waals surface area contributed by atoms with Crippen molar-refractivity contribution in [1.29, 1.82) is 0 Å². The van der Waals surface area contributed by atoms with Crippen molar-refractivity contribution in [1.82, 2.24) is 19.5 Å². The SMILES string of the molecule is Cc1nccn1-c1cc(Nc2ccc(NC(=O)COCc3ccccc3)cc2)ncn1. The summed E-state index contributed by atoms with van der Waals surface area (Å²) in [6, 6.07) is 19.0. The van der Waals surface area contributed by atoms with Crippen LogP contribution in [-0.2, 0) is 16.1 Å². The number of ether oxygens (including phenoxy) is 1. The molecule has 0 saturated carbocycles. The summed E-state index contributed by atoms with van der Waals surface area (Å²) in [6.45, 7) is 2.30. The van der Waals surface area contributed by atoms with E-state index < -0.39 is 0 Å². The molecular weight excluding hydrogens is 392 g/mol. The van der Waals surface area contributed by atoms with Crippen molar-refractivity contribution in [2.24, 2.45) is 0 Å². The van der Waals surface area contributed by atoms with Crippen LogP contribution in [-0.4, -0.2) is 32.0 Å². The second-order valence-electron chi connectivity index (χ2n) is 6.83. The zero-order chi connectivity index (χ0) is 21.5. The molecule has 0 unspecified atom stereocenters. The fraction of sp³-hybridized carbons (Fsp3) is 0.130. The molecule has 31 heavy (non-hydrogen) atoms. The summed E-state index contributed by atoms with van der Waals surface area (Å²) in [5.74, 6) is 2.03. The van der Waals surface area contributed by atoms with Crippen LogP contribution in [0.1, 0.15) is 11.4 Å². The van der Waals surface area contributed by atoms with Gasteiger partial charge >= 0.3 is 0 Å². The maximum Gasteiger partial charge on any atom is 0.250 e. The molecule has 2 aromatic heterocycles. The van der Waals surface area contributed by atoms with Crippen LogP contribution in [0.2, 0.25) is 0 Å². The van der Waals surface area contributed by atoms with E-state index in [2.05, 4.69) is 25.6 Å². The molecule has 0 spiro atoms. The molecule has 0 atom stereocenters. The molecule has 2 aromatic carbocycles. The van der Waals surface area contributed by atoms with E-state index in [0.29, 0.717) is 18.1 Å². The molecule has 4 aromatic rings. The molecule has 2 heterocycles. The van der Waals surface area contributed by atoms with Gasteiger partial charge in [0.1, 0.15) is 30.4 Å². The topological polar surface area (TPSA) is 94.0 Å². The number of amides is 1. The number of imidazole rings is 1. The predicted molar refractivity (Wildman–Crippen MR) is 118 cm³/mol. The van der Waals surface area contributed by atoms with E-state index in [-0.39, 0.29) is 12.5 Å². The van der Waals surface area contributed by atoms with Gasteiger partial charge in [-0.05, 0) is 36.8 Å². The second kappa shape index (κ2) is 9.64. The minimum atomic E-state index is -0.201. The number of rotatable bonds is 8. The summed E-state index contributed by atoms with van der Waals surface area (Å²) in [6.07, 6.45) is 5.08. The largest absolute Gasteiger partial charge is 0.367 e. The summed E-state index contributed by atoms with van der Waals surface area (Å²) in [7, 11) is 0. The first-order valence-electron chi connectivity index (χ1n) is 9.78. The number of aryl methyl sites for hydroxylation is 1. The fourth-order valence-electron chi connectivity index (χ4n) is 2.98. The molecule has 0 aliphatic rings. The van der Waals surface area contributed by atoms with Gasteiger partial charge in [0.25, 0.3) is 0 Å². The Morgan fingerprint density at radius 2 is 1.77 bits per heavy atom. The molecule has 2 N–H and O–H groups in total. The first-order chi connectivity index (χ1) is 15.2. The Morgan fingerprint density at radius 1 is 1.00 bits per heavy atom. The Hall–Kier alpha value is -4.04. The summed E-state index contributed by atoms with van der Waals surface area (Å²) in [5, 5.41) is 6.06. The number of carbonyl (C=O) groups excluding carboxylic acids is 1. The van der Waals surface area contributed by atoms with E-state index in [4.69, 9.17) is 4.74 Å². The number of nitrogens with zero attached hydrogens (tertiary/aromatic N) is 4. The Bertz CT molecular complexity index is 1140. The van der Waals surface area contributed by atoms with Crippen LogP contribution in [0.25, 0.3) is 5.82 Å². The molecule has 156 valence electrons. The minimum Gasteiger partial charge on any atom is -0.367 e. The van der Waals surface area contributed by atoms with Gasteiger partial charge < -0.3 is 15.4 Å². The first-order valence-corrected chi connectivity index (χ1v) is 9.78. The zero-order valence-corrected chi connectivity index (χ0v) is 17.0. The molecule has 0 aliphatic carbocycles. The van der Waals surface area contributed by atoms with Gasteiger partial charge in [-0.15, -0.1) is 0 Å². The van der Waals surface area contributed by atoms with E-state index in [0.717, 1.165) is 22.9 Å². The predicted octanol–water partition coefficient (Wildman–Crippen LogP) is 3.87. The lowest BCUT2D eigenvalue weighted by molar-refractivity contribution is -0.121. The van der Waals surface area contributed by atoms with Gasteiger partial charge in [0, 0.05) is 29.8 Å². The standard InChI is InChI=1S/C23H22N6O2/c1-17-24-11-12-29(17)22-13-21(25-16-26-22)27-19-7-9-20(10-8-19)28-23(30)15-31-14-18-5-3-2-4-6-18/h2-13,16H,14-15H2,1H3,(H,28,30)(H,25,26,27). The number of hydrogen-bond donors (Lipinski definition) is 2. The average molecular weight is 414 g/mol. The van der Waals surface area contributed by atoms with E-state index in [1.54, 1.807) is 6.20 Å². The van der Waals surface area contributed by atoms with Crippen molar-refractivity contribution >= 4 is 23.1 Å². The molecule has 0 bridgehead atoms. The van der Waals surface area contributed by atoms with Crippen molar-refractivity contribution in [3.63, 3.8) is 0 Å². The lowest BCUT2D eigenvalue weighted by atomic mass is 10.2. The van der Waals surface area contributed by atoms with Gasteiger partial charge in [-0.25, -0.2) is 15.0 Å². The molecule has 0 aliphatic heterocycles. The fourth-order valence-corrected chi connectivity index (χ4v) is 2.98. The Kier molecular flexibility index (Phi) is 6.29. The number of hydrogen-bond acceptors (Lipinski definition) is 6. The molecule has 8 heteroatoms. The summed E-state index contributed by atoms with van der Waals surface area (Å²) in [5.41, 5.74) is 2.56. The van der Waals surface area contributed by atoms with E-state index >= 15 is 0 Å². The molecule has 0 radical (unpaired) electrons. The highest BCUT2D eigenvalue weighted by atomic mass is 16.5. The van der Waals surface area contributed by atoms with Crippen LogP contribution in [0.5, 0.6) is 0 Å². The zero-order valence-electron chi connectivity index (χ0n) is 17.0.